The summed E-state index contributed by atoms with van der Waals surface area (Å²) in [7, 11) is 0.672. The molecule has 4 heteroatoms. The van der Waals surface area contributed by atoms with Crippen LogP contribution in [0.5, 0.6) is 0 Å². The summed E-state index contributed by atoms with van der Waals surface area (Å²) in [6.07, 6.45) is 3.91. The van der Waals surface area contributed by atoms with Crippen molar-refractivity contribution in [2.45, 2.75) is 24.2 Å². The van der Waals surface area contributed by atoms with Gasteiger partial charge in [0.05, 0.1) is 0 Å². The molecule has 0 saturated heterocycles. The Morgan fingerprint density at radius 3 is 2.41 bits per heavy atom. The first-order valence-corrected chi connectivity index (χ1v) is 7.16. The van der Waals surface area contributed by atoms with Gasteiger partial charge < -0.3 is 4.74 Å². The van der Waals surface area contributed by atoms with Crippen LogP contribution in [-0.4, -0.2) is 30.0 Å². The zero-order valence-electron chi connectivity index (χ0n) is 10.3. The van der Waals surface area contributed by atoms with E-state index in [0.29, 0.717) is 18.6 Å². The van der Waals surface area contributed by atoms with E-state index in [1.54, 1.807) is 37.6 Å². The second kappa shape index (κ2) is 7.35. The highest BCUT2D eigenvalue weighted by molar-refractivity contribution is 7.84. The van der Waals surface area contributed by atoms with Crippen molar-refractivity contribution in [3.05, 3.63) is 29.8 Å². The predicted octanol–water partition coefficient (Wildman–Crippen LogP) is 2.42. The minimum absolute atomic E-state index is 0.134. The number of benzene rings is 1. The molecule has 0 saturated carbocycles. The molecule has 17 heavy (non-hydrogen) atoms. The lowest BCUT2D eigenvalue weighted by Crippen LogP contribution is -2.00. The summed E-state index contributed by atoms with van der Waals surface area (Å²) in [5.74, 6) is 0.134. The van der Waals surface area contributed by atoms with Crippen molar-refractivity contribution in [1.82, 2.24) is 0 Å². The molecule has 94 valence electrons. The molecule has 0 fully saturated rings. The first-order valence-electron chi connectivity index (χ1n) is 5.61. The van der Waals surface area contributed by atoms with Gasteiger partial charge in [-0.15, -0.1) is 0 Å². The number of Topliss-reactive ketones (excluding diaryl/α,β-unsaturated/α-hetero) is 1. The van der Waals surface area contributed by atoms with Gasteiger partial charge in [0.2, 0.25) is 0 Å². The van der Waals surface area contributed by atoms with Gasteiger partial charge in [-0.2, -0.15) is 0 Å². The zero-order chi connectivity index (χ0) is 12.7. The third kappa shape index (κ3) is 4.79. The van der Waals surface area contributed by atoms with Crippen molar-refractivity contribution in [3.63, 3.8) is 0 Å². The summed E-state index contributed by atoms with van der Waals surface area (Å²) in [5, 5.41) is 0. The number of methoxy groups -OCH3 is 1. The first kappa shape index (κ1) is 14.1. The third-order valence-corrected chi connectivity index (χ3v) is 3.45. The summed E-state index contributed by atoms with van der Waals surface area (Å²) < 4.78 is 16.1. The molecule has 0 N–H and O–H groups in total. The van der Waals surface area contributed by atoms with Gasteiger partial charge in [-0.1, -0.05) is 12.1 Å². The standard InChI is InChI=1S/C13H18O3S/c1-16-10-4-3-5-13(14)11-6-8-12(9-7-11)17(2)15/h6-9H,3-5,10H2,1-2H3. The van der Waals surface area contributed by atoms with Gasteiger partial charge in [-0.3, -0.25) is 9.00 Å². The summed E-state index contributed by atoms with van der Waals surface area (Å²) in [5.41, 5.74) is 0.691. The maximum Gasteiger partial charge on any atom is 0.162 e. The van der Waals surface area contributed by atoms with Gasteiger partial charge in [0.25, 0.3) is 0 Å². The lowest BCUT2D eigenvalue weighted by atomic mass is 10.1. The lowest BCUT2D eigenvalue weighted by Gasteiger charge is -2.02. The minimum Gasteiger partial charge on any atom is -0.385 e. The SMILES string of the molecule is COCCCCC(=O)c1ccc(S(C)=O)cc1. The Kier molecular flexibility index (Phi) is 6.08. The van der Waals surface area contributed by atoms with E-state index in [2.05, 4.69) is 0 Å². The minimum atomic E-state index is -0.986. The number of hydrogen-bond acceptors (Lipinski definition) is 3. The molecule has 0 aliphatic rings. The number of carbonyl (C=O) groups is 1. The van der Waals surface area contributed by atoms with Crippen LogP contribution in [0.3, 0.4) is 0 Å². The molecule has 0 spiro atoms. The molecule has 3 nitrogen and oxygen atoms in total. The number of rotatable bonds is 7. The van der Waals surface area contributed by atoms with E-state index in [1.165, 1.54) is 0 Å². The molecule has 0 aliphatic carbocycles. The fourth-order valence-corrected chi connectivity index (χ4v) is 2.03. The molecule has 1 unspecified atom stereocenters. The first-order chi connectivity index (χ1) is 8.15. The number of ketones is 1. The molecule has 0 aromatic heterocycles. The molecule has 1 aromatic carbocycles. The van der Waals surface area contributed by atoms with Crippen LogP contribution in [-0.2, 0) is 15.5 Å². The number of unbranched alkanes of at least 4 members (excludes halogenated alkanes) is 1. The van der Waals surface area contributed by atoms with Crippen molar-refractivity contribution < 1.29 is 13.7 Å². The van der Waals surface area contributed by atoms with Crippen LogP contribution in [0, 0.1) is 0 Å². The highest BCUT2D eigenvalue weighted by Crippen LogP contribution is 2.11. The summed E-state index contributed by atoms with van der Waals surface area (Å²) in [6.45, 7) is 0.695. The van der Waals surface area contributed by atoms with E-state index < -0.39 is 10.8 Å². The van der Waals surface area contributed by atoms with E-state index >= 15 is 0 Å². The summed E-state index contributed by atoms with van der Waals surface area (Å²) in [4.78, 5) is 12.5. The molecular formula is C13H18O3S. The van der Waals surface area contributed by atoms with Crippen LogP contribution in [0.25, 0.3) is 0 Å². The predicted molar refractivity (Wildman–Crippen MR) is 68.8 cm³/mol. The van der Waals surface area contributed by atoms with Crippen LogP contribution in [0.4, 0.5) is 0 Å². The molecule has 0 radical (unpaired) electrons. The lowest BCUT2D eigenvalue weighted by molar-refractivity contribution is 0.0975. The van der Waals surface area contributed by atoms with Gasteiger partial charge in [0.15, 0.2) is 5.78 Å². The van der Waals surface area contributed by atoms with E-state index in [9.17, 15) is 9.00 Å². The molecule has 1 atom stereocenters. The topological polar surface area (TPSA) is 43.4 Å². The molecule has 1 aromatic rings. The van der Waals surface area contributed by atoms with Gasteiger partial charge in [-0.05, 0) is 25.0 Å². The molecular weight excluding hydrogens is 236 g/mol. The fraction of sp³-hybridized carbons (Fsp3) is 0.462. The van der Waals surface area contributed by atoms with Crippen molar-refractivity contribution in [2.75, 3.05) is 20.0 Å². The average Bonchev–Trinajstić information content (AvgIpc) is 2.34. The Morgan fingerprint density at radius 2 is 1.88 bits per heavy atom. The molecule has 0 aliphatic heterocycles. The molecule has 1 rings (SSSR count). The van der Waals surface area contributed by atoms with Crippen LogP contribution in [0.2, 0.25) is 0 Å². The van der Waals surface area contributed by atoms with E-state index in [0.717, 1.165) is 17.7 Å². The molecule has 0 bridgehead atoms. The maximum atomic E-state index is 11.8. The normalized spacial score (nSPS) is 12.4. The van der Waals surface area contributed by atoms with Gasteiger partial charge >= 0.3 is 0 Å². The van der Waals surface area contributed by atoms with Crippen molar-refractivity contribution in [1.29, 1.82) is 0 Å². The largest absolute Gasteiger partial charge is 0.385 e. The van der Waals surface area contributed by atoms with Crippen molar-refractivity contribution in [2.24, 2.45) is 0 Å². The quantitative estimate of drug-likeness (QED) is 0.554. The monoisotopic (exact) mass is 254 g/mol. The summed E-state index contributed by atoms with van der Waals surface area (Å²) in [6, 6.07) is 6.99. The van der Waals surface area contributed by atoms with Gasteiger partial charge in [0.1, 0.15) is 0 Å². The van der Waals surface area contributed by atoms with E-state index in [1.807, 2.05) is 0 Å². The molecule has 0 heterocycles. The highest BCUT2D eigenvalue weighted by atomic mass is 32.2. The van der Waals surface area contributed by atoms with Gasteiger partial charge in [-0.25, -0.2) is 0 Å². The third-order valence-electron chi connectivity index (χ3n) is 2.51. The smallest absolute Gasteiger partial charge is 0.162 e. The van der Waals surface area contributed by atoms with Crippen molar-refractivity contribution in [3.8, 4) is 0 Å². The molecule has 0 amide bonds. The Balaban J connectivity index is 2.49. The highest BCUT2D eigenvalue weighted by Gasteiger charge is 2.06. The summed E-state index contributed by atoms with van der Waals surface area (Å²) >= 11 is 0. The van der Waals surface area contributed by atoms with Crippen LogP contribution in [0.15, 0.2) is 29.2 Å². The number of ether oxygens (including phenoxy) is 1. The van der Waals surface area contributed by atoms with Crippen molar-refractivity contribution >= 4 is 16.6 Å². The maximum absolute atomic E-state index is 11.8. The van der Waals surface area contributed by atoms with Crippen LogP contribution < -0.4 is 0 Å². The van der Waals surface area contributed by atoms with Gasteiger partial charge in [0, 0.05) is 47.7 Å². The average molecular weight is 254 g/mol. The Labute approximate surface area is 105 Å². The Hall–Kier alpha value is -1.00. The Morgan fingerprint density at radius 1 is 1.24 bits per heavy atom. The number of carbonyl (C=O) groups excluding carboxylic acids is 1. The van der Waals surface area contributed by atoms with E-state index in [4.69, 9.17) is 4.74 Å². The number of hydrogen-bond donors (Lipinski definition) is 0. The van der Waals surface area contributed by atoms with Crippen LogP contribution >= 0.6 is 0 Å². The fourth-order valence-electron chi connectivity index (χ4n) is 1.51. The zero-order valence-corrected chi connectivity index (χ0v) is 11.1. The van der Waals surface area contributed by atoms with Crippen LogP contribution in [0.1, 0.15) is 29.6 Å². The second-order valence-corrected chi connectivity index (χ2v) is 5.23. The Bertz CT molecular complexity index is 384. The van der Waals surface area contributed by atoms with E-state index in [-0.39, 0.29) is 5.78 Å². The second-order valence-electron chi connectivity index (χ2n) is 3.85.